The van der Waals surface area contributed by atoms with Gasteiger partial charge < -0.3 is 15.7 Å². The molecule has 3 aromatic carbocycles. The molecule has 0 aliphatic heterocycles. The third-order valence-corrected chi connectivity index (χ3v) is 4.14. The lowest BCUT2D eigenvalue weighted by molar-refractivity contribution is 0.0947. The summed E-state index contributed by atoms with van der Waals surface area (Å²) >= 11 is 0. The van der Waals surface area contributed by atoms with Crippen molar-refractivity contribution in [2.45, 2.75) is 13.5 Å². The number of carbonyl (C=O) groups excluding carboxylic acids is 2. The summed E-state index contributed by atoms with van der Waals surface area (Å²) in [5.41, 5.74) is 2.73. The number of anilines is 1. The zero-order valence-corrected chi connectivity index (χ0v) is 15.2. The fraction of sp³-hybridized carbons (Fsp3) is 0.0909. The SMILES string of the molecule is Cc1ccc(C(=O)NCc2cccc(NC(=O)c3ccc(F)cc3)c2)c(O)c1. The van der Waals surface area contributed by atoms with Crippen LogP contribution in [0, 0.1) is 12.7 Å². The Morgan fingerprint density at radius 1 is 0.964 bits per heavy atom. The van der Waals surface area contributed by atoms with Crippen molar-refractivity contribution in [2.75, 3.05) is 5.32 Å². The first kappa shape index (κ1) is 19.1. The Morgan fingerprint density at radius 2 is 1.71 bits per heavy atom. The molecular weight excluding hydrogens is 359 g/mol. The Hall–Kier alpha value is -3.67. The molecular formula is C22H19FN2O3. The number of aromatic hydroxyl groups is 1. The molecule has 0 saturated heterocycles. The molecule has 0 aliphatic rings. The van der Waals surface area contributed by atoms with Crippen molar-refractivity contribution < 1.29 is 19.1 Å². The van der Waals surface area contributed by atoms with E-state index in [-0.39, 0.29) is 23.8 Å². The van der Waals surface area contributed by atoms with Crippen LogP contribution >= 0.6 is 0 Å². The fourth-order valence-electron chi connectivity index (χ4n) is 2.67. The van der Waals surface area contributed by atoms with Gasteiger partial charge in [0.2, 0.25) is 0 Å². The van der Waals surface area contributed by atoms with E-state index in [2.05, 4.69) is 10.6 Å². The standard InChI is InChI=1S/C22H19FN2O3/c1-14-5-10-19(20(26)11-14)22(28)24-13-15-3-2-4-18(12-15)25-21(27)16-6-8-17(23)9-7-16/h2-12,26H,13H2,1H3,(H,24,28)(H,25,27). The van der Waals surface area contributed by atoms with Crippen LogP contribution in [0.15, 0.2) is 66.7 Å². The molecule has 0 aromatic heterocycles. The highest BCUT2D eigenvalue weighted by Gasteiger charge is 2.11. The third kappa shape index (κ3) is 4.73. The van der Waals surface area contributed by atoms with Crippen LogP contribution in [0.1, 0.15) is 31.8 Å². The van der Waals surface area contributed by atoms with Crippen LogP contribution in [0.5, 0.6) is 5.75 Å². The molecule has 28 heavy (non-hydrogen) atoms. The van der Waals surface area contributed by atoms with Crippen molar-refractivity contribution in [2.24, 2.45) is 0 Å². The Balaban J connectivity index is 1.63. The number of nitrogens with one attached hydrogen (secondary N) is 2. The summed E-state index contributed by atoms with van der Waals surface area (Å²) in [6.45, 7) is 2.06. The summed E-state index contributed by atoms with van der Waals surface area (Å²) in [6.07, 6.45) is 0. The molecule has 142 valence electrons. The van der Waals surface area contributed by atoms with Gasteiger partial charge in [-0.2, -0.15) is 0 Å². The van der Waals surface area contributed by atoms with E-state index in [0.717, 1.165) is 11.1 Å². The smallest absolute Gasteiger partial charge is 0.255 e. The molecule has 3 N–H and O–H groups in total. The summed E-state index contributed by atoms with van der Waals surface area (Å²) in [5.74, 6) is -1.23. The van der Waals surface area contributed by atoms with Gasteiger partial charge >= 0.3 is 0 Å². The largest absolute Gasteiger partial charge is 0.507 e. The molecule has 3 aromatic rings. The maximum absolute atomic E-state index is 13.0. The first-order valence-corrected chi connectivity index (χ1v) is 8.66. The van der Waals surface area contributed by atoms with Gasteiger partial charge in [-0.25, -0.2) is 4.39 Å². The zero-order valence-electron chi connectivity index (χ0n) is 15.2. The highest BCUT2D eigenvalue weighted by atomic mass is 19.1. The van der Waals surface area contributed by atoms with Gasteiger partial charge in [-0.3, -0.25) is 9.59 Å². The Bertz CT molecular complexity index is 1020. The minimum Gasteiger partial charge on any atom is -0.507 e. The Morgan fingerprint density at radius 3 is 2.43 bits per heavy atom. The molecule has 0 heterocycles. The summed E-state index contributed by atoms with van der Waals surface area (Å²) in [6, 6.07) is 17.1. The topological polar surface area (TPSA) is 78.4 Å². The number of benzene rings is 3. The molecule has 0 radical (unpaired) electrons. The van der Waals surface area contributed by atoms with Crippen LogP contribution in [0.3, 0.4) is 0 Å². The number of aryl methyl sites for hydroxylation is 1. The van der Waals surface area contributed by atoms with Gasteiger partial charge in [0.1, 0.15) is 11.6 Å². The number of phenolic OH excluding ortho intramolecular Hbond substituents is 1. The van der Waals surface area contributed by atoms with Gasteiger partial charge in [0, 0.05) is 17.8 Å². The molecule has 0 unspecified atom stereocenters. The van der Waals surface area contributed by atoms with Gasteiger partial charge in [-0.05, 0) is 66.6 Å². The van der Waals surface area contributed by atoms with E-state index < -0.39 is 11.7 Å². The molecule has 6 heteroatoms. The van der Waals surface area contributed by atoms with Crippen LogP contribution < -0.4 is 10.6 Å². The molecule has 2 amide bonds. The van der Waals surface area contributed by atoms with E-state index in [1.165, 1.54) is 30.3 Å². The van der Waals surface area contributed by atoms with E-state index >= 15 is 0 Å². The summed E-state index contributed by atoms with van der Waals surface area (Å²) in [4.78, 5) is 24.5. The van der Waals surface area contributed by atoms with E-state index in [1.54, 1.807) is 30.3 Å². The lowest BCUT2D eigenvalue weighted by atomic mass is 10.1. The molecule has 0 fully saturated rings. The van der Waals surface area contributed by atoms with E-state index in [4.69, 9.17) is 0 Å². The Kier molecular flexibility index (Phi) is 5.69. The number of phenols is 1. The van der Waals surface area contributed by atoms with Crippen molar-refractivity contribution in [3.8, 4) is 5.75 Å². The van der Waals surface area contributed by atoms with Crippen molar-refractivity contribution in [3.63, 3.8) is 0 Å². The number of carbonyl (C=O) groups is 2. The average Bonchev–Trinajstić information content (AvgIpc) is 2.67. The van der Waals surface area contributed by atoms with Crippen LogP contribution in [0.4, 0.5) is 10.1 Å². The van der Waals surface area contributed by atoms with Crippen LogP contribution in [-0.4, -0.2) is 16.9 Å². The van der Waals surface area contributed by atoms with Crippen molar-refractivity contribution in [3.05, 3.63) is 94.8 Å². The molecule has 0 atom stereocenters. The van der Waals surface area contributed by atoms with Crippen LogP contribution in [-0.2, 0) is 6.54 Å². The van der Waals surface area contributed by atoms with Gasteiger partial charge in [0.25, 0.3) is 11.8 Å². The molecule has 0 spiro atoms. The second-order valence-corrected chi connectivity index (χ2v) is 6.36. The third-order valence-electron chi connectivity index (χ3n) is 4.14. The summed E-state index contributed by atoms with van der Waals surface area (Å²) < 4.78 is 13.0. The fourth-order valence-corrected chi connectivity index (χ4v) is 2.67. The van der Waals surface area contributed by atoms with Gasteiger partial charge in [-0.15, -0.1) is 0 Å². The summed E-state index contributed by atoms with van der Waals surface area (Å²) in [5, 5.41) is 15.4. The quantitative estimate of drug-likeness (QED) is 0.627. The van der Waals surface area contributed by atoms with Gasteiger partial charge in [-0.1, -0.05) is 18.2 Å². The monoisotopic (exact) mass is 378 g/mol. The lowest BCUT2D eigenvalue weighted by Crippen LogP contribution is -2.23. The molecule has 0 bridgehead atoms. The first-order chi connectivity index (χ1) is 13.4. The van der Waals surface area contributed by atoms with Gasteiger partial charge in [0.15, 0.2) is 0 Å². The average molecular weight is 378 g/mol. The van der Waals surface area contributed by atoms with E-state index in [9.17, 15) is 19.1 Å². The number of hydrogen-bond acceptors (Lipinski definition) is 3. The molecule has 0 saturated carbocycles. The molecule has 3 rings (SSSR count). The maximum atomic E-state index is 13.0. The minimum atomic E-state index is -0.408. The zero-order chi connectivity index (χ0) is 20.1. The number of amides is 2. The van der Waals surface area contributed by atoms with Crippen molar-refractivity contribution in [1.29, 1.82) is 0 Å². The minimum absolute atomic E-state index is 0.0715. The normalized spacial score (nSPS) is 10.4. The lowest BCUT2D eigenvalue weighted by Gasteiger charge is -2.10. The Labute approximate surface area is 161 Å². The second kappa shape index (κ2) is 8.35. The predicted octanol–water partition coefficient (Wildman–Crippen LogP) is 4.02. The second-order valence-electron chi connectivity index (χ2n) is 6.36. The van der Waals surface area contributed by atoms with Crippen LogP contribution in [0.25, 0.3) is 0 Å². The number of halogens is 1. The first-order valence-electron chi connectivity index (χ1n) is 8.66. The van der Waals surface area contributed by atoms with E-state index in [1.807, 2.05) is 13.0 Å². The van der Waals surface area contributed by atoms with E-state index in [0.29, 0.717) is 11.3 Å². The molecule has 5 nitrogen and oxygen atoms in total. The predicted molar refractivity (Wildman–Crippen MR) is 105 cm³/mol. The maximum Gasteiger partial charge on any atom is 0.255 e. The van der Waals surface area contributed by atoms with Gasteiger partial charge in [0.05, 0.1) is 5.56 Å². The number of rotatable bonds is 5. The summed E-state index contributed by atoms with van der Waals surface area (Å²) in [7, 11) is 0. The highest BCUT2D eigenvalue weighted by Crippen LogP contribution is 2.18. The van der Waals surface area contributed by atoms with Crippen molar-refractivity contribution >= 4 is 17.5 Å². The highest BCUT2D eigenvalue weighted by molar-refractivity contribution is 6.04. The number of hydrogen-bond donors (Lipinski definition) is 3. The van der Waals surface area contributed by atoms with Crippen LogP contribution in [0.2, 0.25) is 0 Å². The molecule has 0 aliphatic carbocycles. The van der Waals surface area contributed by atoms with Crippen molar-refractivity contribution in [1.82, 2.24) is 5.32 Å².